The molecule has 0 rings (SSSR count). The molecule has 0 saturated carbocycles. The summed E-state index contributed by atoms with van der Waals surface area (Å²) in [6.45, 7) is 12.5. The van der Waals surface area contributed by atoms with Crippen LogP contribution in [0.3, 0.4) is 0 Å². The molecule has 0 N–H and O–H groups in total. The maximum atomic E-state index is 4.39. The quantitative estimate of drug-likeness (QED) is 0.498. The minimum absolute atomic E-state index is 0.376. The highest BCUT2D eigenvalue weighted by atomic mass is 32.1. The molecule has 0 aliphatic heterocycles. The molecule has 0 aliphatic carbocycles. The van der Waals surface area contributed by atoms with E-state index in [2.05, 4.69) is 45.6 Å². The van der Waals surface area contributed by atoms with Gasteiger partial charge >= 0.3 is 0 Å². The zero-order valence-electron chi connectivity index (χ0n) is 9.89. The third kappa shape index (κ3) is 6.94. The molecule has 0 saturated heterocycles. The highest BCUT2D eigenvalue weighted by Gasteiger charge is 2.01. The minimum Gasteiger partial charge on any atom is -0.172 e. The van der Waals surface area contributed by atoms with E-state index in [-0.39, 0.29) is 0 Å². The fourth-order valence-electron chi connectivity index (χ4n) is 0.998. The van der Waals surface area contributed by atoms with Gasteiger partial charge in [0.25, 0.3) is 0 Å². The second-order valence-electron chi connectivity index (χ2n) is 2.74. The zero-order valence-corrected chi connectivity index (χ0v) is 10.8. The van der Waals surface area contributed by atoms with E-state index >= 15 is 0 Å². The van der Waals surface area contributed by atoms with Crippen molar-refractivity contribution in [2.75, 3.05) is 0 Å². The smallest absolute Gasteiger partial charge is 0.0201 e. The Morgan fingerprint density at radius 1 is 1.38 bits per heavy atom. The average molecular weight is 200 g/mol. The number of thiol groups is 1. The average Bonchev–Trinajstić information content (AvgIpc) is 2.16. The maximum Gasteiger partial charge on any atom is 0.0201 e. The summed E-state index contributed by atoms with van der Waals surface area (Å²) in [5.41, 5.74) is 2.80. The van der Waals surface area contributed by atoms with Gasteiger partial charge in [0.15, 0.2) is 0 Å². The molecule has 0 heterocycles. The van der Waals surface area contributed by atoms with Crippen molar-refractivity contribution in [3.63, 3.8) is 0 Å². The molecule has 0 bridgehead atoms. The summed E-state index contributed by atoms with van der Waals surface area (Å²) >= 11 is 4.39. The van der Waals surface area contributed by atoms with Gasteiger partial charge in [-0.25, -0.2) is 0 Å². The van der Waals surface area contributed by atoms with Crippen molar-refractivity contribution >= 4 is 12.6 Å². The molecule has 0 amide bonds. The lowest BCUT2D eigenvalue weighted by Crippen LogP contribution is -1.96. The molecule has 1 unspecified atom stereocenters. The molecular formula is C12H24S. The van der Waals surface area contributed by atoms with E-state index < -0.39 is 0 Å². The fourth-order valence-corrected chi connectivity index (χ4v) is 1.16. The summed E-state index contributed by atoms with van der Waals surface area (Å²) in [5, 5.41) is 0.376. The normalized spacial score (nSPS) is 14.7. The van der Waals surface area contributed by atoms with Gasteiger partial charge in [0.1, 0.15) is 0 Å². The molecule has 1 atom stereocenters. The summed E-state index contributed by atoms with van der Waals surface area (Å²) in [6, 6.07) is 0. The summed E-state index contributed by atoms with van der Waals surface area (Å²) in [6.07, 6.45) is 5.35. The third-order valence-corrected chi connectivity index (χ3v) is 2.27. The highest BCUT2D eigenvalue weighted by molar-refractivity contribution is 7.81. The predicted molar refractivity (Wildman–Crippen MR) is 67.6 cm³/mol. The van der Waals surface area contributed by atoms with Crippen LogP contribution in [0.15, 0.2) is 23.3 Å². The van der Waals surface area contributed by atoms with Crippen LogP contribution in [0, 0.1) is 0 Å². The molecule has 13 heavy (non-hydrogen) atoms. The Labute approximate surface area is 89.5 Å². The largest absolute Gasteiger partial charge is 0.172 e. The fraction of sp³-hybridized carbons (Fsp3) is 0.667. The first kappa shape index (κ1) is 15.3. The lowest BCUT2D eigenvalue weighted by molar-refractivity contribution is 1.03. The van der Waals surface area contributed by atoms with Gasteiger partial charge in [-0.2, -0.15) is 12.6 Å². The van der Waals surface area contributed by atoms with Gasteiger partial charge in [-0.3, -0.25) is 0 Å². The predicted octanol–water partition coefficient (Wildman–Crippen LogP) is 4.63. The first-order valence-corrected chi connectivity index (χ1v) is 5.65. The van der Waals surface area contributed by atoms with Crippen LogP contribution in [0.5, 0.6) is 0 Å². The molecule has 0 fully saturated rings. The Balaban J connectivity index is 0. The van der Waals surface area contributed by atoms with Gasteiger partial charge in [-0.15, -0.1) is 0 Å². The number of rotatable bonds is 3. The Hall–Kier alpha value is -0.170. The molecule has 0 nitrogen and oxygen atoms in total. The summed E-state index contributed by atoms with van der Waals surface area (Å²) < 4.78 is 0. The standard InChI is InChI=1S/C10H18S.C2H6/c1-5-7-10(6-2)8(3)9(4)11;1-2/h5,7,9,11H,6H2,1-4H3;1-2H3/b7-5-,10-8+;. The first-order valence-electron chi connectivity index (χ1n) is 5.13. The first-order chi connectivity index (χ1) is 6.13. The van der Waals surface area contributed by atoms with Crippen molar-refractivity contribution in [3.8, 4) is 0 Å². The lowest BCUT2D eigenvalue weighted by atomic mass is 10.0. The van der Waals surface area contributed by atoms with Crippen molar-refractivity contribution in [1.82, 2.24) is 0 Å². The number of hydrogen-bond acceptors (Lipinski definition) is 1. The Kier molecular flexibility index (Phi) is 11.7. The Morgan fingerprint density at radius 3 is 2.08 bits per heavy atom. The van der Waals surface area contributed by atoms with E-state index in [1.54, 1.807) is 0 Å². The second-order valence-corrected chi connectivity index (χ2v) is 3.51. The van der Waals surface area contributed by atoms with E-state index in [0.717, 1.165) is 6.42 Å². The van der Waals surface area contributed by atoms with Crippen molar-refractivity contribution in [3.05, 3.63) is 23.3 Å². The van der Waals surface area contributed by atoms with E-state index in [4.69, 9.17) is 0 Å². The Bertz CT molecular complexity index is 164. The Morgan fingerprint density at radius 2 is 1.85 bits per heavy atom. The zero-order chi connectivity index (χ0) is 10.9. The van der Waals surface area contributed by atoms with Crippen molar-refractivity contribution in [2.45, 2.75) is 53.2 Å². The van der Waals surface area contributed by atoms with Gasteiger partial charge in [0.05, 0.1) is 0 Å². The van der Waals surface area contributed by atoms with E-state index in [1.165, 1.54) is 11.1 Å². The number of hydrogen-bond donors (Lipinski definition) is 1. The topological polar surface area (TPSA) is 0 Å². The third-order valence-electron chi connectivity index (χ3n) is 1.88. The van der Waals surface area contributed by atoms with Crippen molar-refractivity contribution < 1.29 is 0 Å². The monoisotopic (exact) mass is 200 g/mol. The summed E-state index contributed by atoms with van der Waals surface area (Å²) in [5.74, 6) is 0. The SMILES string of the molecule is C/C=C\C(CC)=C(/C)C(C)S.CC. The van der Waals surface area contributed by atoms with Crippen LogP contribution >= 0.6 is 12.6 Å². The summed E-state index contributed by atoms with van der Waals surface area (Å²) in [7, 11) is 0. The summed E-state index contributed by atoms with van der Waals surface area (Å²) in [4.78, 5) is 0. The van der Waals surface area contributed by atoms with Gasteiger partial charge in [-0.05, 0) is 32.8 Å². The van der Waals surface area contributed by atoms with Crippen LogP contribution in [0.2, 0.25) is 0 Å². The molecule has 0 aromatic rings. The molecule has 0 spiro atoms. The molecule has 78 valence electrons. The molecule has 1 heteroatoms. The van der Waals surface area contributed by atoms with Crippen LogP contribution < -0.4 is 0 Å². The van der Waals surface area contributed by atoms with E-state index in [9.17, 15) is 0 Å². The van der Waals surface area contributed by atoms with Gasteiger partial charge in [-0.1, -0.05) is 38.5 Å². The van der Waals surface area contributed by atoms with Crippen LogP contribution in [-0.2, 0) is 0 Å². The van der Waals surface area contributed by atoms with Gasteiger partial charge in [0, 0.05) is 5.25 Å². The van der Waals surface area contributed by atoms with Crippen molar-refractivity contribution in [1.29, 1.82) is 0 Å². The molecule has 0 radical (unpaired) electrons. The molecular weight excluding hydrogens is 176 g/mol. The van der Waals surface area contributed by atoms with E-state index in [1.807, 2.05) is 20.8 Å². The van der Waals surface area contributed by atoms with Crippen LogP contribution in [0.4, 0.5) is 0 Å². The molecule has 0 aromatic heterocycles. The van der Waals surface area contributed by atoms with Gasteiger partial charge in [0.2, 0.25) is 0 Å². The van der Waals surface area contributed by atoms with Crippen LogP contribution in [-0.4, -0.2) is 5.25 Å². The highest BCUT2D eigenvalue weighted by Crippen LogP contribution is 2.16. The lowest BCUT2D eigenvalue weighted by Gasteiger charge is -2.08. The number of allylic oxidation sites excluding steroid dienone is 3. The minimum atomic E-state index is 0.376. The van der Waals surface area contributed by atoms with E-state index in [0.29, 0.717) is 5.25 Å². The molecule has 0 aliphatic rings. The van der Waals surface area contributed by atoms with Crippen molar-refractivity contribution in [2.24, 2.45) is 0 Å². The van der Waals surface area contributed by atoms with Crippen LogP contribution in [0.25, 0.3) is 0 Å². The molecule has 0 aromatic carbocycles. The van der Waals surface area contributed by atoms with Gasteiger partial charge < -0.3 is 0 Å². The second kappa shape index (κ2) is 9.91. The maximum absolute atomic E-state index is 4.39. The van der Waals surface area contributed by atoms with Crippen LogP contribution in [0.1, 0.15) is 48.0 Å².